The van der Waals surface area contributed by atoms with E-state index in [2.05, 4.69) is 29.2 Å². The standard InChI is InChI=1S/C25H30ClN3O3S/c26-23-8-10-24(11-9-23)33(31,32)29-15-12-22(13-16-29)25(30)28-19-17-27(18-20-28)14-4-7-21-5-2-1-3-6-21/h1-11,22H,12-20H2/b7-4+. The Balaban J connectivity index is 1.23. The summed E-state index contributed by atoms with van der Waals surface area (Å²) in [6.45, 7) is 4.76. The van der Waals surface area contributed by atoms with E-state index in [1.807, 2.05) is 23.1 Å². The third kappa shape index (κ3) is 6.03. The molecule has 0 aliphatic carbocycles. The minimum atomic E-state index is -3.55. The summed E-state index contributed by atoms with van der Waals surface area (Å²) in [5.74, 6) is 0.0595. The molecule has 0 unspecified atom stereocenters. The number of piperazine rings is 1. The average molecular weight is 488 g/mol. The number of nitrogens with zero attached hydrogens (tertiary/aromatic N) is 3. The Kier molecular flexibility index (Phi) is 7.86. The first-order valence-electron chi connectivity index (χ1n) is 11.4. The van der Waals surface area contributed by atoms with E-state index in [9.17, 15) is 13.2 Å². The molecule has 2 aliphatic rings. The van der Waals surface area contributed by atoms with Crippen molar-refractivity contribution in [2.45, 2.75) is 17.7 Å². The van der Waals surface area contributed by atoms with Gasteiger partial charge >= 0.3 is 0 Å². The predicted molar refractivity (Wildman–Crippen MR) is 131 cm³/mol. The summed E-state index contributed by atoms with van der Waals surface area (Å²) in [4.78, 5) is 17.6. The summed E-state index contributed by atoms with van der Waals surface area (Å²) in [5, 5.41) is 0.505. The number of benzene rings is 2. The van der Waals surface area contributed by atoms with Crippen molar-refractivity contribution in [2.75, 3.05) is 45.8 Å². The fourth-order valence-corrected chi connectivity index (χ4v) is 6.01. The smallest absolute Gasteiger partial charge is 0.243 e. The molecule has 0 atom stereocenters. The van der Waals surface area contributed by atoms with Crippen LogP contribution in [0.1, 0.15) is 18.4 Å². The Bertz CT molecular complexity index is 1060. The number of sulfonamides is 1. The second-order valence-electron chi connectivity index (χ2n) is 8.57. The van der Waals surface area contributed by atoms with Crippen molar-refractivity contribution >= 4 is 33.6 Å². The highest BCUT2D eigenvalue weighted by molar-refractivity contribution is 7.89. The Morgan fingerprint density at radius 1 is 0.909 bits per heavy atom. The molecule has 6 nitrogen and oxygen atoms in total. The van der Waals surface area contributed by atoms with E-state index in [0.717, 1.165) is 32.7 Å². The van der Waals surface area contributed by atoms with Crippen LogP contribution in [0.2, 0.25) is 5.02 Å². The normalized spacial score (nSPS) is 19.2. The Morgan fingerprint density at radius 3 is 2.18 bits per heavy atom. The van der Waals surface area contributed by atoms with Crippen molar-refractivity contribution in [3.05, 3.63) is 71.3 Å². The number of piperidine rings is 1. The molecule has 0 saturated carbocycles. The maximum Gasteiger partial charge on any atom is 0.243 e. The number of hydrogen-bond donors (Lipinski definition) is 0. The van der Waals surface area contributed by atoms with Crippen LogP contribution in [-0.4, -0.2) is 74.2 Å². The molecule has 33 heavy (non-hydrogen) atoms. The molecule has 0 N–H and O–H groups in total. The van der Waals surface area contributed by atoms with Gasteiger partial charge in [-0.2, -0.15) is 4.31 Å². The first-order chi connectivity index (χ1) is 15.9. The Morgan fingerprint density at radius 2 is 1.55 bits per heavy atom. The second-order valence-corrected chi connectivity index (χ2v) is 10.9. The molecule has 176 valence electrons. The Hall–Kier alpha value is -2.19. The van der Waals surface area contributed by atoms with Gasteiger partial charge in [-0.3, -0.25) is 9.69 Å². The quantitative estimate of drug-likeness (QED) is 0.624. The van der Waals surface area contributed by atoms with E-state index in [4.69, 9.17) is 11.6 Å². The molecule has 2 fully saturated rings. The number of halogens is 1. The van der Waals surface area contributed by atoms with Gasteiger partial charge in [0.2, 0.25) is 15.9 Å². The van der Waals surface area contributed by atoms with Crippen LogP contribution in [-0.2, 0) is 14.8 Å². The molecule has 2 aromatic carbocycles. The molecule has 2 aliphatic heterocycles. The van der Waals surface area contributed by atoms with Crippen molar-refractivity contribution in [1.29, 1.82) is 0 Å². The number of rotatable bonds is 6. The van der Waals surface area contributed by atoms with E-state index in [1.165, 1.54) is 22.0 Å². The number of carbonyl (C=O) groups excluding carboxylic acids is 1. The minimum Gasteiger partial charge on any atom is -0.340 e. The van der Waals surface area contributed by atoms with Crippen molar-refractivity contribution in [1.82, 2.24) is 14.1 Å². The predicted octanol–water partition coefficient (Wildman–Crippen LogP) is 3.60. The van der Waals surface area contributed by atoms with Gasteiger partial charge in [-0.1, -0.05) is 54.1 Å². The summed E-state index contributed by atoms with van der Waals surface area (Å²) in [7, 11) is -3.55. The highest BCUT2D eigenvalue weighted by Crippen LogP contribution is 2.26. The van der Waals surface area contributed by atoms with Crippen LogP contribution in [0, 0.1) is 5.92 Å². The molecule has 8 heteroatoms. The van der Waals surface area contributed by atoms with Gasteiger partial charge in [-0.05, 0) is 42.7 Å². The monoisotopic (exact) mass is 487 g/mol. The molecule has 4 rings (SSSR count). The molecule has 0 spiro atoms. The van der Waals surface area contributed by atoms with Gasteiger partial charge in [0.05, 0.1) is 4.90 Å². The lowest BCUT2D eigenvalue weighted by molar-refractivity contribution is -0.138. The first-order valence-corrected chi connectivity index (χ1v) is 13.2. The van der Waals surface area contributed by atoms with Crippen molar-refractivity contribution in [3.8, 4) is 0 Å². The molecular weight excluding hydrogens is 458 g/mol. The third-order valence-electron chi connectivity index (χ3n) is 6.41. The molecule has 2 aromatic rings. The Labute approximate surface area is 201 Å². The molecular formula is C25H30ClN3O3S. The van der Waals surface area contributed by atoms with Crippen molar-refractivity contribution < 1.29 is 13.2 Å². The van der Waals surface area contributed by atoms with Gasteiger partial charge < -0.3 is 4.90 Å². The maximum atomic E-state index is 13.0. The third-order valence-corrected chi connectivity index (χ3v) is 8.58. The van der Waals surface area contributed by atoms with E-state index < -0.39 is 10.0 Å². The van der Waals surface area contributed by atoms with Gasteiger partial charge in [0, 0.05) is 56.8 Å². The summed E-state index contributed by atoms with van der Waals surface area (Å²) < 4.78 is 27.2. The molecule has 2 heterocycles. The zero-order chi connectivity index (χ0) is 23.3. The second kappa shape index (κ2) is 10.8. The van der Waals surface area contributed by atoms with Gasteiger partial charge in [-0.15, -0.1) is 0 Å². The van der Waals surface area contributed by atoms with Crippen LogP contribution in [0.25, 0.3) is 6.08 Å². The topological polar surface area (TPSA) is 60.9 Å². The fraction of sp³-hybridized carbons (Fsp3) is 0.400. The zero-order valence-electron chi connectivity index (χ0n) is 18.6. The SMILES string of the molecule is O=C(C1CCN(S(=O)(=O)c2ccc(Cl)cc2)CC1)N1CCN(C/C=C/c2ccccc2)CC1. The zero-order valence-corrected chi connectivity index (χ0v) is 20.2. The van der Waals surface area contributed by atoms with Crippen LogP contribution < -0.4 is 0 Å². The lowest BCUT2D eigenvalue weighted by Gasteiger charge is -2.38. The van der Waals surface area contributed by atoms with E-state index >= 15 is 0 Å². The van der Waals surface area contributed by atoms with Crippen LogP contribution >= 0.6 is 11.6 Å². The first kappa shape index (κ1) is 24.0. The fourth-order valence-electron chi connectivity index (χ4n) is 4.41. The van der Waals surface area contributed by atoms with Gasteiger partial charge in [0.15, 0.2) is 0 Å². The average Bonchev–Trinajstić information content (AvgIpc) is 2.85. The lowest BCUT2D eigenvalue weighted by atomic mass is 9.96. The molecule has 2 saturated heterocycles. The van der Waals surface area contributed by atoms with E-state index in [1.54, 1.807) is 12.1 Å². The van der Waals surface area contributed by atoms with Crippen LogP contribution in [0.5, 0.6) is 0 Å². The maximum absolute atomic E-state index is 13.0. The van der Waals surface area contributed by atoms with Crippen molar-refractivity contribution in [2.24, 2.45) is 5.92 Å². The summed E-state index contributed by atoms with van der Waals surface area (Å²) in [6.07, 6.45) is 5.42. The van der Waals surface area contributed by atoms with Crippen LogP contribution in [0.3, 0.4) is 0 Å². The summed E-state index contributed by atoms with van der Waals surface area (Å²) in [5.41, 5.74) is 1.19. The van der Waals surface area contributed by atoms with Gasteiger partial charge in [-0.25, -0.2) is 8.42 Å². The highest BCUT2D eigenvalue weighted by atomic mass is 35.5. The highest BCUT2D eigenvalue weighted by Gasteiger charge is 2.34. The van der Waals surface area contributed by atoms with Crippen LogP contribution in [0.4, 0.5) is 0 Å². The van der Waals surface area contributed by atoms with Gasteiger partial charge in [0.1, 0.15) is 0 Å². The summed E-state index contributed by atoms with van der Waals surface area (Å²) in [6, 6.07) is 16.5. The number of hydrogen-bond acceptors (Lipinski definition) is 4. The minimum absolute atomic E-state index is 0.105. The molecule has 0 bridgehead atoms. The van der Waals surface area contributed by atoms with Crippen molar-refractivity contribution in [3.63, 3.8) is 0 Å². The number of carbonyl (C=O) groups is 1. The van der Waals surface area contributed by atoms with E-state index in [0.29, 0.717) is 31.0 Å². The summed E-state index contributed by atoms with van der Waals surface area (Å²) >= 11 is 5.88. The number of amides is 1. The lowest BCUT2D eigenvalue weighted by Crippen LogP contribution is -2.51. The van der Waals surface area contributed by atoms with Crippen LogP contribution in [0.15, 0.2) is 65.6 Å². The van der Waals surface area contributed by atoms with E-state index in [-0.39, 0.29) is 16.7 Å². The molecule has 0 radical (unpaired) electrons. The molecule has 1 amide bonds. The van der Waals surface area contributed by atoms with Gasteiger partial charge in [0.25, 0.3) is 0 Å². The molecule has 0 aromatic heterocycles. The largest absolute Gasteiger partial charge is 0.340 e.